The van der Waals surface area contributed by atoms with Crippen molar-refractivity contribution in [2.75, 3.05) is 27.4 Å². The molecule has 1 aromatic carbocycles. The number of methoxy groups -OCH3 is 2. The Labute approximate surface area is 216 Å². The molecule has 1 aliphatic rings. The highest BCUT2D eigenvalue weighted by Crippen LogP contribution is 2.42. The first kappa shape index (κ1) is 29.6. The number of ether oxygens (including phenoxy) is 2. The van der Waals surface area contributed by atoms with Crippen LogP contribution in [-0.4, -0.2) is 75.7 Å². The lowest BCUT2D eigenvalue weighted by molar-refractivity contribution is -0.131. The predicted molar refractivity (Wildman–Crippen MR) is 135 cm³/mol. The van der Waals surface area contributed by atoms with Gasteiger partial charge in [0, 0.05) is 28.0 Å². The van der Waals surface area contributed by atoms with Gasteiger partial charge in [-0.25, -0.2) is 4.98 Å². The molecule has 12 nitrogen and oxygen atoms in total. The second-order valence-corrected chi connectivity index (χ2v) is 8.87. The van der Waals surface area contributed by atoms with Crippen LogP contribution in [0.15, 0.2) is 18.3 Å². The van der Waals surface area contributed by atoms with Crippen LogP contribution >= 0.6 is 0 Å². The van der Waals surface area contributed by atoms with Crippen molar-refractivity contribution in [1.82, 2.24) is 9.97 Å². The molecule has 206 valence electrons. The largest absolute Gasteiger partial charge is 0.507 e. The molecule has 0 fully saturated rings. The maximum absolute atomic E-state index is 13.1. The van der Waals surface area contributed by atoms with Gasteiger partial charge in [0.05, 0.1) is 38.4 Å². The number of amides is 1. The van der Waals surface area contributed by atoms with Crippen LogP contribution in [0.2, 0.25) is 0 Å². The van der Waals surface area contributed by atoms with Crippen LogP contribution in [0.25, 0.3) is 11.1 Å². The number of aliphatic hydroxyl groups is 2. The fourth-order valence-corrected chi connectivity index (χ4v) is 4.99. The molecule has 3 atom stereocenters. The van der Waals surface area contributed by atoms with E-state index in [-0.39, 0.29) is 62.7 Å². The van der Waals surface area contributed by atoms with Gasteiger partial charge in [-0.3, -0.25) is 14.4 Å². The number of Topliss-reactive ketones (excluding diaryl/α,β-unsaturated/α-hetero) is 2. The first-order valence-electron chi connectivity index (χ1n) is 11.6. The Morgan fingerprint density at radius 2 is 1.92 bits per heavy atom. The summed E-state index contributed by atoms with van der Waals surface area (Å²) in [6, 6.07) is 3.21. The van der Waals surface area contributed by atoms with E-state index in [1.54, 1.807) is 6.07 Å². The zero-order chi connectivity index (χ0) is 26.4. The number of hydrogen-bond acceptors (Lipinski definition) is 10. The zero-order valence-electron chi connectivity index (χ0n) is 20.8. The van der Waals surface area contributed by atoms with E-state index in [2.05, 4.69) is 9.97 Å². The number of nitrogens with two attached hydrogens (primary N) is 1. The van der Waals surface area contributed by atoms with Gasteiger partial charge in [-0.05, 0) is 48.3 Å². The molecule has 1 aliphatic carbocycles. The quantitative estimate of drug-likeness (QED) is 0.286. The van der Waals surface area contributed by atoms with Crippen LogP contribution in [-0.2, 0) is 16.0 Å². The van der Waals surface area contributed by atoms with Gasteiger partial charge in [0.15, 0.2) is 5.78 Å². The third-order valence-electron chi connectivity index (χ3n) is 6.60. The zero-order valence-corrected chi connectivity index (χ0v) is 20.8. The summed E-state index contributed by atoms with van der Waals surface area (Å²) >= 11 is 0. The van der Waals surface area contributed by atoms with Crippen LogP contribution < -0.4 is 15.2 Å². The normalized spacial score (nSPS) is 16.2. The van der Waals surface area contributed by atoms with Gasteiger partial charge in [0.25, 0.3) is 0 Å². The molecule has 0 bridgehead atoms. The van der Waals surface area contributed by atoms with E-state index in [4.69, 9.17) is 15.2 Å². The predicted octanol–water partition coefficient (Wildman–Crippen LogP) is 0.720. The summed E-state index contributed by atoms with van der Waals surface area (Å²) in [5.41, 5.74) is 7.09. The molecule has 0 saturated heterocycles. The fourth-order valence-electron chi connectivity index (χ4n) is 4.99. The second kappa shape index (κ2) is 13.1. The molecule has 0 spiro atoms. The van der Waals surface area contributed by atoms with Crippen molar-refractivity contribution in [3.8, 4) is 28.8 Å². The van der Waals surface area contributed by atoms with Gasteiger partial charge in [-0.15, -0.1) is 0 Å². The van der Waals surface area contributed by atoms with Crippen LogP contribution in [0.5, 0.6) is 17.6 Å². The molecule has 37 heavy (non-hydrogen) atoms. The van der Waals surface area contributed by atoms with E-state index < -0.39 is 36.6 Å². The number of phenolic OH excluding ortho intramolecular Hbond substituents is 1. The highest BCUT2D eigenvalue weighted by atomic mass is 16.5. The van der Waals surface area contributed by atoms with Crippen molar-refractivity contribution in [3.63, 3.8) is 0 Å². The Kier molecular flexibility index (Phi) is 10.5. The van der Waals surface area contributed by atoms with E-state index in [1.807, 2.05) is 0 Å². The first-order chi connectivity index (χ1) is 17.2. The van der Waals surface area contributed by atoms with Crippen molar-refractivity contribution in [2.24, 2.45) is 23.5 Å². The molecule has 0 saturated carbocycles. The summed E-state index contributed by atoms with van der Waals surface area (Å²) in [5, 5.41) is 30.0. The van der Waals surface area contributed by atoms with Gasteiger partial charge in [-0.1, -0.05) is 6.07 Å². The average molecular weight is 524 g/mol. The van der Waals surface area contributed by atoms with E-state index >= 15 is 0 Å². The number of aliphatic hydroxyl groups excluding tert-OH is 2. The smallest absolute Gasteiger partial charge is 0.319 e. The van der Waals surface area contributed by atoms with Gasteiger partial charge in [-0.2, -0.15) is 4.98 Å². The molecular formula is C25H37N3O9. The first-order valence-corrected chi connectivity index (χ1v) is 11.6. The third-order valence-corrected chi connectivity index (χ3v) is 6.60. The summed E-state index contributed by atoms with van der Waals surface area (Å²) in [5.74, 6) is -3.06. The highest BCUT2D eigenvalue weighted by molar-refractivity contribution is 6.03. The van der Waals surface area contributed by atoms with Crippen molar-refractivity contribution >= 4 is 17.5 Å². The third kappa shape index (κ3) is 6.59. The Morgan fingerprint density at radius 3 is 2.51 bits per heavy atom. The second-order valence-electron chi connectivity index (χ2n) is 8.87. The minimum Gasteiger partial charge on any atom is -0.507 e. The number of ketones is 2. The van der Waals surface area contributed by atoms with Crippen LogP contribution in [0, 0.1) is 17.8 Å². The van der Waals surface area contributed by atoms with E-state index in [9.17, 15) is 29.7 Å². The molecule has 1 aromatic heterocycles. The number of carbonyl (C=O) groups is 3. The van der Waals surface area contributed by atoms with Crippen LogP contribution in [0.4, 0.5) is 0 Å². The molecule has 2 aromatic rings. The number of rotatable bonds is 12. The van der Waals surface area contributed by atoms with Crippen molar-refractivity contribution in [3.05, 3.63) is 29.5 Å². The van der Waals surface area contributed by atoms with E-state index in [0.717, 1.165) is 0 Å². The molecule has 3 rings (SSSR count). The number of primary amides is 1. The van der Waals surface area contributed by atoms with Crippen molar-refractivity contribution < 1.29 is 47.5 Å². The lowest BCUT2D eigenvalue weighted by Gasteiger charge is -2.31. The summed E-state index contributed by atoms with van der Waals surface area (Å²) in [6.45, 7) is -0.727. The molecule has 3 unspecified atom stereocenters. The Bertz CT molecular complexity index is 1150. The van der Waals surface area contributed by atoms with Gasteiger partial charge < -0.3 is 36.0 Å². The minimum atomic E-state index is -0.889. The minimum absolute atomic E-state index is 0. The Hall–Kier alpha value is -3.61. The number of hydrogen-bond donors (Lipinski definition) is 4. The summed E-state index contributed by atoms with van der Waals surface area (Å²) in [4.78, 5) is 45.3. The summed E-state index contributed by atoms with van der Waals surface area (Å²) < 4.78 is 10.5. The Morgan fingerprint density at radius 1 is 1.19 bits per heavy atom. The number of aromatic hydroxyl groups is 1. The van der Waals surface area contributed by atoms with Crippen LogP contribution in [0.1, 0.15) is 44.5 Å². The SMILES string of the molecule is COc1ncc(-c2ccc(O)c3c2CC(CC(CCO)C(CO)C(=O)CC(N)=O)CC3=O)c(OC)n1.O.[HH].[HH]. The lowest BCUT2D eigenvalue weighted by atomic mass is 9.72. The van der Waals surface area contributed by atoms with E-state index in [1.165, 1.54) is 26.5 Å². The maximum atomic E-state index is 13.1. The lowest BCUT2D eigenvalue weighted by Crippen LogP contribution is -2.33. The monoisotopic (exact) mass is 523 g/mol. The van der Waals surface area contributed by atoms with E-state index in [0.29, 0.717) is 29.5 Å². The van der Waals surface area contributed by atoms with Gasteiger partial charge in [0.2, 0.25) is 11.8 Å². The molecule has 0 aliphatic heterocycles. The number of carbonyl (C=O) groups excluding carboxylic acids is 3. The number of benzene rings is 1. The number of aromatic nitrogens is 2. The van der Waals surface area contributed by atoms with Crippen molar-refractivity contribution in [2.45, 2.75) is 32.1 Å². The van der Waals surface area contributed by atoms with Crippen molar-refractivity contribution in [1.29, 1.82) is 0 Å². The fraction of sp³-hybridized carbons (Fsp3) is 0.480. The standard InChI is InChI=1S/C25H31N3O8.H2O.2H2/c1-35-24-17(11-27-25(28-24)36-2)15-3-4-19(31)23-16(15)8-13(9-21(23)33)7-14(5-6-29)18(12-30)20(32)10-22(26)34;;;/h3-4,11,13-14,18,29-31H,5-10,12H2,1-2H3,(H2,26,34);1H2;2*1H. The number of fused-ring (bicyclic) bond motifs is 1. The van der Waals surface area contributed by atoms with Gasteiger partial charge in [0.1, 0.15) is 11.5 Å². The average Bonchev–Trinajstić information content (AvgIpc) is 2.84. The van der Waals surface area contributed by atoms with Crippen LogP contribution in [0.3, 0.4) is 0 Å². The maximum Gasteiger partial charge on any atom is 0.319 e. The molecule has 0 radical (unpaired) electrons. The summed E-state index contributed by atoms with van der Waals surface area (Å²) in [7, 11) is 2.88. The Balaban J connectivity index is 0.00000481. The molecule has 12 heteroatoms. The molecule has 1 amide bonds. The highest BCUT2D eigenvalue weighted by Gasteiger charge is 2.35. The topological polar surface area (TPSA) is 214 Å². The molecule has 7 N–H and O–H groups in total. The summed E-state index contributed by atoms with van der Waals surface area (Å²) in [6.07, 6.45) is 2.06. The van der Waals surface area contributed by atoms with Gasteiger partial charge >= 0.3 is 6.01 Å². The molecule has 1 heterocycles. The number of phenols is 1. The molecular weight excluding hydrogens is 486 g/mol. The number of nitrogens with zero attached hydrogens (tertiary/aromatic N) is 2.